The van der Waals surface area contributed by atoms with Crippen molar-refractivity contribution in [2.75, 3.05) is 0 Å². The highest BCUT2D eigenvalue weighted by Crippen LogP contribution is 2.26. The average molecular weight is 318 g/mol. The van der Waals surface area contributed by atoms with Gasteiger partial charge in [-0.2, -0.15) is 0 Å². The lowest BCUT2D eigenvalue weighted by Crippen LogP contribution is -2.21. The Morgan fingerprint density at radius 2 is 1.87 bits per heavy atom. The van der Waals surface area contributed by atoms with Crippen molar-refractivity contribution in [1.82, 2.24) is 0 Å². The van der Waals surface area contributed by atoms with Crippen molar-refractivity contribution in [3.05, 3.63) is 47.6 Å². The van der Waals surface area contributed by atoms with Crippen LogP contribution in [0.15, 0.2) is 47.6 Å². The highest BCUT2D eigenvalue weighted by molar-refractivity contribution is 5.95. The lowest BCUT2D eigenvalue weighted by molar-refractivity contribution is -0.114. The molecule has 0 bridgehead atoms. The van der Waals surface area contributed by atoms with Crippen molar-refractivity contribution in [1.29, 1.82) is 0 Å². The molecular weight excluding hydrogens is 288 g/mol. The number of carbonyl (C=O) groups excluding carboxylic acids is 1. The average Bonchev–Trinajstić information content (AvgIpc) is 2.49. The van der Waals surface area contributed by atoms with Gasteiger partial charge in [0, 0.05) is 12.8 Å². The van der Waals surface area contributed by atoms with Crippen molar-refractivity contribution < 1.29 is 15.0 Å². The van der Waals surface area contributed by atoms with Crippen molar-refractivity contribution in [3.63, 3.8) is 0 Å². The van der Waals surface area contributed by atoms with Crippen LogP contribution in [0.1, 0.15) is 52.9 Å². The first-order valence-corrected chi connectivity index (χ1v) is 8.28. The molecule has 1 rings (SSSR count). The molecule has 0 amide bonds. The highest BCUT2D eigenvalue weighted by atomic mass is 16.3. The van der Waals surface area contributed by atoms with Gasteiger partial charge in [-0.15, -0.1) is 0 Å². The van der Waals surface area contributed by atoms with E-state index in [4.69, 9.17) is 0 Å². The summed E-state index contributed by atoms with van der Waals surface area (Å²) in [5.41, 5.74) is 3.30. The second-order valence-electron chi connectivity index (χ2n) is 6.71. The van der Waals surface area contributed by atoms with Crippen LogP contribution in [-0.2, 0) is 4.79 Å². The molecule has 0 aromatic rings. The number of hydrogen-bond donors (Lipinski definition) is 2. The van der Waals surface area contributed by atoms with E-state index in [1.807, 2.05) is 19.9 Å². The lowest BCUT2D eigenvalue weighted by atomic mass is 9.87. The Balaban J connectivity index is 3.01. The quantitative estimate of drug-likeness (QED) is 0.721. The second-order valence-corrected chi connectivity index (χ2v) is 6.71. The summed E-state index contributed by atoms with van der Waals surface area (Å²) >= 11 is 0. The monoisotopic (exact) mass is 318 g/mol. The van der Waals surface area contributed by atoms with Gasteiger partial charge in [0.2, 0.25) is 0 Å². The second kappa shape index (κ2) is 8.99. The summed E-state index contributed by atoms with van der Waals surface area (Å²) < 4.78 is 0. The number of rotatable bonds is 1. The van der Waals surface area contributed by atoms with Crippen molar-refractivity contribution in [2.24, 2.45) is 5.92 Å². The molecule has 0 aromatic carbocycles. The molecule has 3 nitrogen and oxygen atoms in total. The zero-order chi connectivity index (χ0) is 17.6. The predicted octanol–water partition coefficient (Wildman–Crippen LogP) is 3.88. The molecule has 2 N–H and O–H groups in total. The molecule has 3 unspecified atom stereocenters. The number of carbonyl (C=O) groups is 1. The minimum atomic E-state index is -0.751. The number of Topliss-reactive ketones (excluding diaryl/α,β-unsaturated/α-hetero) is 1. The molecule has 3 atom stereocenters. The van der Waals surface area contributed by atoms with Crippen LogP contribution in [0.5, 0.6) is 0 Å². The molecule has 1 aliphatic carbocycles. The molecule has 0 aliphatic heterocycles. The van der Waals surface area contributed by atoms with Gasteiger partial charge in [-0.05, 0) is 62.7 Å². The zero-order valence-electron chi connectivity index (χ0n) is 14.6. The van der Waals surface area contributed by atoms with Crippen LogP contribution in [-0.4, -0.2) is 28.2 Å². The Bertz CT molecular complexity index is 525. The first-order chi connectivity index (χ1) is 10.7. The molecule has 0 saturated carbocycles. The standard InChI is InChI=1S/C20H30O3/c1-13(2)17-9-6-14(3)18(21)11-8-16(5)20(23)12-19(22)15(4)7-10-17/h6,8,17,19-20,22-23H,1,4,7,9-12H2,2-3,5H3/b14-6+,16-8-. The van der Waals surface area contributed by atoms with E-state index in [2.05, 4.69) is 13.2 Å². The molecule has 3 heteroatoms. The first kappa shape index (κ1) is 19.6. The molecule has 0 heterocycles. The van der Waals surface area contributed by atoms with E-state index in [-0.39, 0.29) is 24.5 Å². The Morgan fingerprint density at radius 3 is 2.48 bits per heavy atom. The van der Waals surface area contributed by atoms with Crippen molar-refractivity contribution >= 4 is 5.78 Å². The zero-order valence-corrected chi connectivity index (χ0v) is 14.6. The number of aliphatic hydroxyl groups excluding tert-OH is 2. The van der Waals surface area contributed by atoms with Crippen LogP contribution < -0.4 is 0 Å². The highest BCUT2D eigenvalue weighted by Gasteiger charge is 2.18. The molecule has 0 spiro atoms. The third-order valence-electron chi connectivity index (χ3n) is 4.71. The lowest BCUT2D eigenvalue weighted by Gasteiger charge is -2.21. The number of hydrogen-bond acceptors (Lipinski definition) is 3. The van der Waals surface area contributed by atoms with E-state index in [0.717, 1.165) is 35.1 Å². The van der Waals surface area contributed by atoms with Gasteiger partial charge in [-0.25, -0.2) is 0 Å². The van der Waals surface area contributed by atoms with Crippen molar-refractivity contribution in [3.8, 4) is 0 Å². The van der Waals surface area contributed by atoms with Crippen molar-refractivity contribution in [2.45, 2.75) is 65.1 Å². The number of allylic oxidation sites excluding steroid dienone is 4. The van der Waals surface area contributed by atoms with Gasteiger partial charge in [-0.1, -0.05) is 30.9 Å². The topological polar surface area (TPSA) is 57.5 Å². The van der Waals surface area contributed by atoms with Crippen LogP contribution in [0.4, 0.5) is 0 Å². The smallest absolute Gasteiger partial charge is 0.162 e. The molecule has 128 valence electrons. The molecular formula is C20H30O3. The van der Waals surface area contributed by atoms with Gasteiger partial charge in [0.15, 0.2) is 5.78 Å². The predicted molar refractivity (Wildman–Crippen MR) is 95.1 cm³/mol. The minimum Gasteiger partial charge on any atom is -0.389 e. The van der Waals surface area contributed by atoms with Crippen LogP contribution in [0.2, 0.25) is 0 Å². The van der Waals surface area contributed by atoms with Gasteiger partial charge in [0.25, 0.3) is 0 Å². The molecule has 0 radical (unpaired) electrons. The summed E-state index contributed by atoms with van der Waals surface area (Å²) in [6.07, 6.45) is 5.06. The normalized spacial score (nSPS) is 33.2. The SMILES string of the molecule is C=C1CCC(C(=C)C)C/C=C(\C)C(=O)C/C=C(/C)C(O)CC1O. The Morgan fingerprint density at radius 1 is 1.22 bits per heavy atom. The van der Waals surface area contributed by atoms with Gasteiger partial charge < -0.3 is 10.2 Å². The summed E-state index contributed by atoms with van der Waals surface area (Å²) in [6, 6.07) is 0. The van der Waals surface area contributed by atoms with E-state index < -0.39 is 12.2 Å². The fraction of sp³-hybridized carbons (Fsp3) is 0.550. The van der Waals surface area contributed by atoms with Crippen LogP contribution in [0, 0.1) is 5.92 Å². The van der Waals surface area contributed by atoms with Crippen LogP contribution in [0.3, 0.4) is 0 Å². The maximum atomic E-state index is 12.1. The molecule has 23 heavy (non-hydrogen) atoms. The summed E-state index contributed by atoms with van der Waals surface area (Å²) in [7, 11) is 0. The van der Waals surface area contributed by atoms with E-state index in [9.17, 15) is 15.0 Å². The third-order valence-corrected chi connectivity index (χ3v) is 4.71. The molecule has 0 aromatic heterocycles. The first-order valence-electron chi connectivity index (χ1n) is 8.28. The summed E-state index contributed by atoms with van der Waals surface area (Å²) in [6.45, 7) is 13.6. The largest absolute Gasteiger partial charge is 0.389 e. The summed E-state index contributed by atoms with van der Waals surface area (Å²) in [5, 5.41) is 20.4. The Kier molecular flexibility index (Phi) is 7.66. The molecule has 1 aliphatic rings. The van der Waals surface area contributed by atoms with Gasteiger partial charge >= 0.3 is 0 Å². The number of ketones is 1. The fourth-order valence-corrected chi connectivity index (χ4v) is 2.64. The van der Waals surface area contributed by atoms with Crippen LogP contribution >= 0.6 is 0 Å². The fourth-order valence-electron chi connectivity index (χ4n) is 2.64. The Hall–Kier alpha value is -1.45. The van der Waals surface area contributed by atoms with Gasteiger partial charge in [-0.3, -0.25) is 4.79 Å². The molecule has 0 saturated heterocycles. The maximum absolute atomic E-state index is 12.1. The molecule has 0 fully saturated rings. The van der Waals surface area contributed by atoms with Crippen LogP contribution in [0.25, 0.3) is 0 Å². The van der Waals surface area contributed by atoms with E-state index in [1.54, 1.807) is 13.0 Å². The third kappa shape index (κ3) is 6.28. The minimum absolute atomic E-state index is 0.0685. The maximum Gasteiger partial charge on any atom is 0.162 e. The van der Waals surface area contributed by atoms with Gasteiger partial charge in [0.05, 0.1) is 12.2 Å². The van der Waals surface area contributed by atoms with E-state index >= 15 is 0 Å². The van der Waals surface area contributed by atoms with E-state index in [1.165, 1.54) is 0 Å². The Labute approximate surface area is 140 Å². The number of aliphatic hydroxyl groups is 2. The summed E-state index contributed by atoms with van der Waals surface area (Å²) in [5.74, 6) is 0.339. The summed E-state index contributed by atoms with van der Waals surface area (Å²) in [4.78, 5) is 12.1. The van der Waals surface area contributed by atoms with E-state index in [0.29, 0.717) is 6.42 Å². The van der Waals surface area contributed by atoms with Gasteiger partial charge in [0.1, 0.15) is 0 Å².